The molecule has 1 heterocycles. The summed E-state index contributed by atoms with van der Waals surface area (Å²) in [5.41, 5.74) is 0.994. The van der Waals surface area contributed by atoms with Crippen LogP contribution in [0.3, 0.4) is 0 Å². The predicted molar refractivity (Wildman–Crippen MR) is 96.9 cm³/mol. The second kappa shape index (κ2) is 8.62. The molecule has 0 aliphatic carbocycles. The van der Waals surface area contributed by atoms with E-state index in [1.54, 1.807) is 30.3 Å². The zero-order chi connectivity index (χ0) is 18.4. The molecule has 134 valence electrons. The third-order valence-electron chi connectivity index (χ3n) is 3.57. The van der Waals surface area contributed by atoms with Crippen LogP contribution in [0.2, 0.25) is 0 Å². The van der Waals surface area contributed by atoms with Crippen molar-refractivity contribution in [2.45, 2.75) is 24.1 Å². The number of aromatic nitrogens is 3. The van der Waals surface area contributed by atoms with Crippen LogP contribution in [0.4, 0.5) is 8.78 Å². The van der Waals surface area contributed by atoms with Crippen molar-refractivity contribution in [1.82, 2.24) is 14.8 Å². The average molecular weight is 373 g/mol. The molecule has 0 atom stereocenters. The van der Waals surface area contributed by atoms with E-state index in [-0.39, 0.29) is 18.2 Å². The van der Waals surface area contributed by atoms with Crippen LogP contribution in [0.1, 0.15) is 11.4 Å². The number of halogens is 2. The molecule has 0 fully saturated rings. The second-order valence-electron chi connectivity index (χ2n) is 5.46. The summed E-state index contributed by atoms with van der Waals surface area (Å²) in [5.74, 6) is 1.28. The lowest BCUT2D eigenvalue weighted by atomic mass is 10.2. The van der Waals surface area contributed by atoms with Gasteiger partial charge in [-0.25, -0.2) is 8.78 Å². The number of rotatable bonds is 8. The molecule has 0 amide bonds. The second-order valence-corrected chi connectivity index (χ2v) is 6.40. The molecule has 0 saturated carbocycles. The molecule has 0 unspecified atom stereocenters. The van der Waals surface area contributed by atoms with E-state index in [1.165, 1.54) is 36.0 Å². The molecular weight excluding hydrogens is 356 g/mol. The third-order valence-corrected chi connectivity index (χ3v) is 4.61. The lowest BCUT2D eigenvalue weighted by Gasteiger charge is -2.09. The van der Waals surface area contributed by atoms with Crippen molar-refractivity contribution in [3.8, 4) is 5.75 Å². The molecule has 3 rings (SSSR count). The summed E-state index contributed by atoms with van der Waals surface area (Å²) in [5, 5.41) is 9.12. The Kier molecular flexibility index (Phi) is 6.01. The largest absolute Gasteiger partial charge is 0.486 e. The van der Waals surface area contributed by atoms with Crippen LogP contribution >= 0.6 is 11.8 Å². The Morgan fingerprint density at radius 2 is 1.65 bits per heavy atom. The van der Waals surface area contributed by atoms with Gasteiger partial charge in [0.05, 0.1) is 0 Å². The number of ether oxygens (including phenoxy) is 1. The highest BCUT2D eigenvalue weighted by atomic mass is 32.2. The Labute approximate surface area is 154 Å². The maximum Gasteiger partial charge on any atom is 0.191 e. The minimum atomic E-state index is -0.313. The zero-order valence-electron chi connectivity index (χ0n) is 13.9. The normalized spacial score (nSPS) is 10.7. The summed E-state index contributed by atoms with van der Waals surface area (Å²) < 4.78 is 33.5. The highest BCUT2D eigenvalue weighted by molar-refractivity contribution is 7.98. The molecule has 7 heteroatoms. The predicted octanol–water partition coefficient (Wildman–Crippen LogP) is 4.61. The fourth-order valence-electron chi connectivity index (χ4n) is 2.25. The summed E-state index contributed by atoms with van der Waals surface area (Å²) in [6.07, 6.45) is 1.76. The van der Waals surface area contributed by atoms with E-state index >= 15 is 0 Å². The Hall–Kier alpha value is -2.67. The smallest absolute Gasteiger partial charge is 0.191 e. The van der Waals surface area contributed by atoms with E-state index in [0.29, 0.717) is 23.9 Å². The van der Waals surface area contributed by atoms with Gasteiger partial charge in [-0.2, -0.15) is 0 Å². The molecule has 0 aliphatic rings. The Morgan fingerprint density at radius 3 is 2.31 bits per heavy atom. The van der Waals surface area contributed by atoms with E-state index in [9.17, 15) is 8.78 Å². The highest BCUT2D eigenvalue weighted by Gasteiger charge is 2.12. The first kappa shape index (κ1) is 18.1. The monoisotopic (exact) mass is 373 g/mol. The number of thioether (sulfide) groups is 1. The van der Waals surface area contributed by atoms with Gasteiger partial charge in [0, 0.05) is 12.3 Å². The fraction of sp³-hybridized carbons (Fsp3) is 0.158. The Bertz CT molecular complexity index is 796. The van der Waals surface area contributed by atoms with Gasteiger partial charge < -0.3 is 4.74 Å². The van der Waals surface area contributed by atoms with Gasteiger partial charge in [-0.3, -0.25) is 4.57 Å². The van der Waals surface area contributed by atoms with E-state index < -0.39 is 0 Å². The molecule has 0 bridgehead atoms. The maximum atomic E-state index is 13.0. The van der Waals surface area contributed by atoms with Crippen LogP contribution in [0.15, 0.2) is 66.3 Å². The lowest BCUT2D eigenvalue weighted by Crippen LogP contribution is -2.07. The molecule has 0 radical (unpaired) electrons. The Balaban J connectivity index is 1.67. The first-order valence-electron chi connectivity index (χ1n) is 7.94. The van der Waals surface area contributed by atoms with Gasteiger partial charge in [0.15, 0.2) is 11.0 Å². The minimum Gasteiger partial charge on any atom is -0.486 e. The number of hydrogen-bond donors (Lipinski definition) is 0. The van der Waals surface area contributed by atoms with Crippen LogP contribution in [0.5, 0.6) is 5.75 Å². The molecular formula is C19H17F2N3OS. The average Bonchev–Trinajstić information content (AvgIpc) is 3.03. The maximum absolute atomic E-state index is 13.0. The molecule has 0 N–H and O–H groups in total. The van der Waals surface area contributed by atoms with Crippen LogP contribution in [0.25, 0.3) is 0 Å². The molecule has 3 aromatic rings. The number of benzene rings is 2. The van der Waals surface area contributed by atoms with Gasteiger partial charge >= 0.3 is 0 Å². The SMILES string of the molecule is C=CCn1c(COc2ccc(F)cc2)nnc1SCc1ccc(F)cc1. The Morgan fingerprint density at radius 1 is 1.00 bits per heavy atom. The quantitative estimate of drug-likeness (QED) is 0.427. The van der Waals surface area contributed by atoms with Gasteiger partial charge in [0.2, 0.25) is 0 Å². The van der Waals surface area contributed by atoms with E-state index in [2.05, 4.69) is 16.8 Å². The van der Waals surface area contributed by atoms with Crippen molar-refractivity contribution in [2.75, 3.05) is 0 Å². The van der Waals surface area contributed by atoms with Gasteiger partial charge in [-0.05, 0) is 42.0 Å². The summed E-state index contributed by atoms with van der Waals surface area (Å²) in [7, 11) is 0. The van der Waals surface area contributed by atoms with Crippen molar-refractivity contribution in [2.24, 2.45) is 0 Å². The first-order chi connectivity index (χ1) is 12.7. The topological polar surface area (TPSA) is 39.9 Å². The molecule has 2 aromatic carbocycles. The summed E-state index contributed by atoms with van der Waals surface area (Å²) >= 11 is 1.50. The number of nitrogens with zero attached hydrogens (tertiary/aromatic N) is 3. The molecule has 26 heavy (non-hydrogen) atoms. The van der Waals surface area contributed by atoms with Gasteiger partial charge in [0.25, 0.3) is 0 Å². The van der Waals surface area contributed by atoms with E-state index in [1.807, 2.05) is 4.57 Å². The number of hydrogen-bond acceptors (Lipinski definition) is 4. The van der Waals surface area contributed by atoms with Crippen molar-refractivity contribution in [3.05, 3.63) is 84.2 Å². The van der Waals surface area contributed by atoms with Crippen LogP contribution in [-0.4, -0.2) is 14.8 Å². The van der Waals surface area contributed by atoms with Crippen molar-refractivity contribution in [1.29, 1.82) is 0 Å². The van der Waals surface area contributed by atoms with Gasteiger partial charge in [0.1, 0.15) is 24.0 Å². The molecule has 4 nitrogen and oxygen atoms in total. The molecule has 1 aromatic heterocycles. The lowest BCUT2D eigenvalue weighted by molar-refractivity contribution is 0.288. The fourth-order valence-corrected chi connectivity index (χ4v) is 3.17. The minimum absolute atomic E-state index is 0.212. The van der Waals surface area contributed by atoms with Crippen LogP contribution in [0, 0.1) is 11.6 Å². The van der Waals surface area contributed by atoms with Crippen LogP contribution in [-0.2, 0) is 18.9 Å². The summed E-state index contributed by atoms with van der Waals surface area (Å²) in [6.45, 7) is 4.52. The van der Waals surface area contributed by atoms with E-state index in [4.69, 9.17) is 4.74 Å². The van der Waals surface area contributed by atoms with Gasteiger partial charge in [-0.1, -0.05) is 30.0 Å². The van der Waals surface area contributed by atoms with Gasteiger partial charge in [-0.15, -0.1) is 16.8 Å². The summed E-state index contributed by atoms with van der Waals surface area (Å²) in [4.78, 5) is 0. The van der Waals surface area contributed by atoms with Crippen molar-refractivity contribution < 1.29 is 13.5 Å². The zero-order valence-corrected chi connectivity index (χ0v) is 14.8. The van der Waals surface area contributed by atoms with Crippen LogP contribution < -0.4 is 4.74 Å². The van der Waals surface area contributed by atoms with Crippen molar-refractivity contribution in [3.63, 3.8) is 0 Å². The molecule has 0 spiro atoms. The molecule has 0 aliphatic heterocycles. The molecule has 0 saturated heterocycles. The third kappa shape index (κ3) is 4.70. The van der Waals surface area contributed by atoms with Crippen molar-refractivity contribution >= 4 is 11.8 Å². The number of allylic oxidation sites excluding steroid dienone is 1. The van der Waals surface area contributed by atoms with E-state index in [0.717, 1.165) is 10.7 Å². The first-order valence-corrected chi connectivity index (χ1v) is 8.93. The highest BCUT2D eigenvalue weighted by Crippen LogP contribution is 2.23. The standard InChI is InChI=1S/C19H17F2N3OS/c1-2-11-24-18(12-25-17-9-7-16(21)8-10-17)22-23-19(24)26-13-14-3-5-15(20)6-4-14/h2-10H,1,11-13H2. The summed E-state index contributed by atoms with van der Waals surface area (Å²) in [6, 6.07) is 12.2.